The topological polar surface area (TPSA) is 84.0 Å². The molecule has 1 aromatic carbocycles. The highest BCUT2D eigenvalue weighted by atomic mass is 32.1. The molecule has 0 saturated carbocycles. The summed E-state index contributed by atoms with van der Waals surface area (Å²) >= 11 is 1.54. The first kappa shape index (κ1) is 20.6. The summed E-state index contributed by atoms with van der Waals surface area (Å²) in [6, 6.07) is 5.38. The number of carbonyl (C=O) groups excluding carboxylic acids is 2. The largest absolute Gasteiger partial charge is 0.489 e. The van der Waals surface area contributed by atoms with Gasteiger partial charge in [0, 0.05) is 36.8 Å². The summed E-state index contributed by atoms with van der Waals surface area (Å²) in [4.78, 5) is 33.5. The molecule has 0 bridgehead atoms. The van der Waals surface area contributed by atoms with Crippen LogP contribution in [0.25, 0.3) is 0 Å². The molecular formula is C21H26N4O4S. The van der Waals surface area contributed by atoms with Crippen LogP contribution in [0.5, 0.6) is 5.75 Å². The van der Waals surface area contributed by atoms with E-state index in [2.05, 4.69) is 10.3 Å². The number of benzene rings is 1. The van der Waals surface area contributed by atoms with Crippen LogP contribution < -0.4 is 15.0 Å². The Kier molecular flexibility index (Phi) is 6.19. The molecule has 160 valence electrons. The van der Waals surface area contributed by atoms with Crippen molar-refractivity contribution in [1.82, 2.24) is 15.2 Å². The molecule has 0 radical (unpaired) electrons. The Morgan fingerprint density at radius 3 is 2.83 bits per heavy atom. The minimum Gasteiger partial charge on any atom is -0.489 e. The predicted molar refractivity (Wildman–Crippen MR) is 114 cm³/mol. The van der Waals surface area contributed by atoms with E-state index in [-0.39, 0.29) is 17.9 Å². The van der Waals surface area contributed by atoms with Gasteiger partial charge in [0.05, 0.1) is 37.9 Å². The van der Waals surface area contributed by atoms with Crippen LogP contribution in [0.15, 0.2) is 23.6 Å². The van der Waals surface area contributed by atoms with Crippen LogP contribution in [-0.4, -0.2) is 67.7 Å². The zero-order valence-electron chi connectivity index (χ0n) is 17.2. The maximum atomic E-state index is 12.8. The van der Waals surface area contributed by atoms with E-state index in [1.807, 2.05) is 36.4 Å². The second-order valence-electron chi connectivity index (χ2n) is 7.53. The van der Waals surface area contributed by atoms with Gasteiger partial charge in [0.15, 0.2) is 0 Å². The highest BCUT2D eigenvalue weighted by Gasteiger charge is 2.28. The molecule has 9 heteroatoms. The number of amides is 2. The average molecular weight is 431 g/mol. The van der Waals surface area contributed by atoms with Crippen LogP contribution in [0.3, 0.4) is 0 Å². The van der Waals surface area contributed by atoms with E-state index < -0.39 is 0 Å². The number of hydrogen-bond acceptors (Lipinski definition) is 7. The van der Waals surface area contributed by atoms with Gasteiger partial charge in [-0.25, -0.2) is 4.98 Å². The quantitative estimate of drug-likeness (QED) is 0.779. The number of ether oxygens (including phenoxy) is 2. The smallest absolute Gasteiger partial charge is 0.254 e. The van der Waals surface area contributed by atoms with Gasteiger partial charge in [0.2, 0.25) is 5.91 Å². The number of morpholine rings is 1. The molecule has 8 nitrogen and oxygen atoms in total. The van der Waals surface area contributed by atoms with E-state index in [1.54, 1.807) is 22.3 Å². The lowest BCUT2D eigenvalue weighted by Gasteiger charge is -2.36. The summed E-state index contributed by atoms with van der Waals surface area (Å²) in [5.41, 5.74) is 2.41. The molecular weight excluding hydrogens is 404 g/mol. The van der Waals surface area contributed by atoms with Crippen molar-refractivity contribution in [3.8, 4) is 5.75 Å². The van der Waals surface area contributed by atoms with Crippen molar-refractivity contribution in [3.05, 3.63) is 39.8 Å². The minimum atomic E-state index is -0.107. The molecule has 0 unspecified atom stereocenters. The standard InChI is InChI=1S/C21H26N4O4S/c1-14-13-30-20(23-14)11-22-19(26)10-16-12-29-18-4-3-15(9-17(18)24(16)2)21(27)25-5-7-28-8-6-25/h3-4,9,13,16H,5-8,10-12H2,1-2H3,(H,22,26)/t16-/m1/s1. The summed E-state index contributed by atoms with van der Waals surface area (Å²) in [7, 11) is 1.94. The highest BCUT2D eigenvalue weighted by Crippen LogP contribution is 2.34. The monoisotopic (exact) mass is 430 g/mol. The van der Waals surface area contributed by atoms with Crippen molar-refractivity contribution in [3.63, 3.8) is 0 Å². The van der Waals surface area contributed by atoms with Gasteiger partial charge in [-0.3, -0.25) is 9.59 Å². The molecule has 4 rings (SSSR count). The number of nitrogens with zero attached hydrogens (tertiary/aromatic N) is 3. The maximum absolute atomic E-state index is 12.8. The van der Waals surface area contributed by atoms with Crippen molar-refractivity contribution in [1.29, 1.82) is 0 Å². The number of hydrogen-bond donors (Lipinski definition) is 1. The average Bonchev–Trinajstić information content (AvgIpc) is 3.19. The van der Waals surface area contributed by atoms with Crippen LogP contribution in [0, 0.1) is 6.92 Å². The van der Waals surface area contributed by atoms with Crippen molar-refractivity contribution >= 4 is 28.8 Å². The van der Waals surface area contributed by atoms with E-state index in [9.17, 15) is 9.59 Å². The van der Waals surface area contributed by atoms with E-state index in [4.69, 9.17) is 9.47 Å². The Morgan fingerprint density at radius 1 is 1.30 bits per heavy atom. The molecule has 1 fully saturated rings. The van der Waals surface area contributed by atoms with Crippen LogP contribution in [0.1, 0.15) is 27.5 Å². The number of carbonyl (C=O) groups is 2. The number of anilines is 1. The highest BCUT2D eigenvalue weighted by molar-refractivity contribution is 7.09. The lowest BCUT2D eigenvalue weighted by atomic mass is 10.1. The van der Waals surface area contributed by atoms with Gasteiger partial charge in [-0.2, -0.15) is 0 Å². The molecule has 2 aliphatic heterocycles. The van der Waals surface area contributed by atoms with Crippen molar-refractivity contribution < 1.29 is 19.1 Å². The molecule has 30 heavy (non-hydrogen) atoms. The first-order valence-electron chi connectivity index (χ1n) is 10.1. The van der Waals surface area contributed by atoms with Crippen LogP contribution >= 0.6 is 11.3 Å². The number of aromatic nitrogens is 1. The minimum absolute atomic E-state index is 0.00638. The molecule has 0 aliphatic carbocycles. The summed E-state index contributed by atoms with van der Waals surface area (Å²) in [6.45, 7) is 5.13. The summed E-state index contributed by atoms with van der Waals surface area (Å²) in [6.07, 6.45) is 0.307. The maximum Gasteiger partial charge on any atom is 0.254 e. The number of thiazole rings is 1. The van der Waals surface area contributed by atoms with Crippen molar-refractivity contribution in [2.45, 2.75) is 25.9 Å². The fourth-order valence-corrected chi connectivity index (χ4v) is 4.34. The summed E-state index contributed by atoms with van der Waals surface area (Å²) in [5, 5.41) is 5.79. The Hall–Kier alpha value is -2.65. The lowest BCUT2D eigenvalue weighted by Crippen LogP contribution is -2.44. The van der Waals surface area contributed by atoms with Gasteiger partial charge in [-0.1, -0.05) is 0 Å². The first-order valence-corrected chi connectivity index (χ1v) is 10.9. The molecule has 2 aromatic rings. The van der Waals surface area contributed by atoms with Crippen LogP contribution in [0.4, 0.5) is 5.69 Å². The molecule has 3 heterocycles. The second kappa shape index (κ2) is 9.01. The molecule has 1 saturated heterocycles. The predicted octanol–water partition coefficient (Wildman–Crippen LogP) is 1.83. The van der Waals surface area contributed by atoms with E-state index in [1.165, 1.54) is 0 Å². The fraction of sp³-hybridized carbons (Fsp3) is 0.476. The van der Waals surface area contributed by atoms with Crippen molar-refractivity contribution in [2.75, 3.05) is 44.9 Å². The lowest BCUT2D eigenvalue weighted by molar-refractivity contribution is -0.121. The Bertz CT molecular complexity index is 925. The summed E-state index contributed by atoms with van der Waals surface area (Å²) in [5.74, 6) is 0.673. The fourth-order valence-electron chi connectivity index (χ4n) is 3.63. The van der Waals surface area contributed by atoms with E-state index in [0.29, 0.717) is 51.4 Å². The van der Waals surface area contributed by atoms with E-state index in [0.717, 1.165) is 22.1 Å². The van der Waals surface area contributed by atoms with Gasteiger partial charge in [-0.05, 0) is 25.1 Å². The molecule has 0 spiro atoms. The molecule has 2 amide bonds. The second-order valence-corrected chi connectivity index (χ2v) is 8.47. The Morgan fingerprint density at radius 2 is 2.10 bits per heavy atom. The zero-order chi connectivity index (χ0) is 21.1. The van der Waals surface area contributed by atoms with Crippen LogP contribution in [-0.2, 0) is 16.1 Å². The van der Waals surface area contributed by atoms with Gasteiger partial charge < -0.3 is 24.6 Å². The number of rotatable bonds is 5. The van der Waals surface area contributed by atoms with Crippen LogP contribution in [0.2, 0.25) is 0 Å². The van der Waals surface area contributed by atoms with Gasteiger partial charge in [-0.15, -0.1) is 11.3 Å². The molecule has 1 aromatic heterocycles. The molecule has 1 atom stereocenters. The third-order valence-electron chi connectivity index (χ3n) is 5.39. The third kappa shape index (κ3) is 4.57. The van der Waals surface area contributed by atoms with Gasteiger partial charge in [0.25, 0.3) is 5.91 Å². The number of aryl methyl sites for hydroxylation is 1. The number of nitrogens with one attached hydrogen (secondary N) is 1. The number of fused-ring (bicyclic) bond motifs is 1. The summed E-state index contributed by atoms with van der Waals surface area (Å²) < 4.78 is 11.2. The normalized spacial score (nSPS) is 18.5. The SMILES string of the molecule is Cc1csc(CNC(=O)C[C@@H]2COc3ccc(C(=O)N4CCOCC4)cc3N2C)n1. The number of likely N-dealkylation sites (N-methyl/N-ethyl adjacent to an activating group) is 1. The Balaban J connectivity index is 1.39. The molecule has 2 aliphatic rings. The molecule has 1 N–H and O–H groups in total. The van der Waals surface area contributed by atoms with Gasteiger partial charge >= 0.3 is 0 Å². The van der Waals surface area contributed by atoms with E-state index >= 15 is 0 Å². The first-order chi connectivity index (χ1) is 14.5. The Labute approximate surface area is 179 Å². The van der Waals surface area contributed by atoms with Gasteiger partial charge in [0.1, 0.15) is 17.4 Å². The zero-order valence-corrected chi connectivity index (χ0v) is 18.0. The third-order valence-corrected chi connectivity index (χ3v) is 6.35. The van der Waals surface area contributed by atoms with Crippen molar-refractivity contribution in [2.24, 2.45) is 0 Å².